The van der Waals surface area contributed by atoms with Crippen molar-refractivity contribution in [3.05, 3.63) is 99.1 Å². The number of phenolic OH excluding ortho intramolecular Hbond substituents is 1. The fourth-order valence-electron chi connectivity index (χ4n) is 2.91. The van der Waals surface area contributed by atoms with Gasteiger partial charge >= 0.3 is 5.97 Å². The van der Waals surface area contributed by atoms with E-state index in [1.54, 1.807) is 56.3 Å². The number of esters is 1. The number of nitrogens with zero attached hydrogens (tertiary/aromatic N) is 1. The molecule has 1 atom stereocenters. The number of phenols is 1. The molecule has 0 bridgehead atoms. The van der Waals surface area contributed by atoms with Gasteiger partial charge < -0.3 is 15.2 Å². The molecule has 0 aromatic heterocycles. The molecule has 1 amide bonds. The highest BCUT2D eigenvalue weighted by molar-refractivity contribution is 5.99. The molecule has 3 aromatic carbocycles. The van der Waals surface area contributed by atoms with Crippen LogP contribution >= 0.6 is 0 Å². The minimum atomic E-state index is -1.36. The predicted molar refractivity (Wildman–Crippen MR) is 114 cm³/mol. The average Bonchev–Trinajstić information content (AvgIpc) is 2.75. The zero-order valence-corrected chi connectivity index (χ0v) is 16.9. The fraction of sp³-hybridized carbons (Fsp3) is 0.130. The molecule has 8 nitrogen and oxygen atoms in total. The van der Waals surface area contributed by atoms with Crippen LogP contribution in [-0.2, 0) is 9.53 Å². The van der Waals surface area contributed by atoms with Crippen molar-refractivity contribution in [2.45, 2.75) is 20.0 Å². The maximum absolute atomic E-state index is 13.0. The molecule has 0 saturated carbocycles. The SMILES string of the molecule is Cc1ccc(NC(=O)C(OC(=O)c2ccc(C)c(O)c2)c2ccccc2)c([N+](=O)[O-])c1. The van der Waals surface area contributed by atoms with Crippen molar-refractivity contribution in [3.63, 3.8) is 0 Å². The van der Waals surface area contributed by atoms with Crippen molar-refractivity contribution in [2.24, 2.45) is 0 Å². The number of hydrogen-bond acceptors (Lipinski definition) is 6. The van der Waals surface area contributed by atoms with Crippen LogP contribution < -0.4 is 5.32 Å². The van der Waals surface area contributed by atoms with Crippen LogP contribution in [-0.4, -0.2) is 21.9 Å². The molecule has 0 aliphatic heterocycles. The van der Waals surface area contributed by atoms with E-state index in [0.717, 1.165) is 0 Å². The number of nitro groups is 1. The second kappa shape index (κ2) is 9.08. The second-order valence-corrected chi connectivity index (χ2v) is 6.96. The van der Waals surface area contributed by atoms with Gasteiger partial charge in [0, 0.05) is 11.6 Å². The summed E-state index contributed by atoms with van der Waals surface area (Å²) < 4.78 is 5.44. The lowest BCUT2D eigenvalue weighted by Gasteiger charge is -2.18. The van der Waals surface area contributed by atoms with Gasteiger partial charge in [-0.05, 0) is 43.2 Å². The maximum Gasteiger partial charge on any atom is 0.339 e. The molecular formula is C23H20N2O6. The van der Waals surface area contributed by atoms with E-state index in [1.807, 2.05) is 0 Å². The van der Waals surface area contributed by atoms with Gasteiger partial charge in [0.25, 0.3) is 11.6 Å². The van der Waals surface area contributed by atoms with Crippen LogP contribution in [0, 0.1) is 24.0 Å². The zero-order chi connectivity index (χ0) is 22.5. The van der Waals surface area contributed by atoms with Gasteiger partial charge in [-0.3, -0.25) is 14.9 Å². The Morgan fingerprint density at radius 2 is 1.74 bits per heavy atom. The Kier molecular flexibility index (Phi) is 6.30. The minimum absolute atomic E-state index is 0.00874. The highest BCUT2D eigenvalue weighted by atomic mass is 16.6. The minimum Gasteiger partial charge on any atom is -0.508 e. The molecule has 1 unspecified atom stereocenters. The highest BCUT2D eigenvalue weighted by Crippen LogP contribution is 2.28. The molecule has 0 saturated heterocycles. The smallest absolute Gasteiger partial charge is 0.339 e. The van der Waals surface area contributed by atoms with Crippen molar-refractivity contribution < 1.29 is 24.4 Å². The van der Waals surface area contributed by atoms with Gasteiger partial charge in [-0.25, -0.2) is 4.79 Å². The van der Waals surface area contributed by atoms with Crippen LogP contribution in [0.2, 0.25) is 0 Å². The third kappa shape index (κ3) is 5.05. The summed E-state index contributed by atoms with van der Waals surface area (Å²) >= 11 is 0. The molecule has 0 aliphatic carbocycles. The number of nitro benzene ring substituents is 1. The molecule has 0 aliphatic rings. The Morgan fingerprint density at radius 3 is 2.39 bits per heavy atom. The molecule has 158 valence electrons. The Morgan fingerprint density at radius 1 is 1.03 bits per heavy atom. The summed E-state index contributed by atoms with van der Waals surface area (Å²) in [5.41, 5.74) is 1.42. The van der Waals surface area contributed by atoms with Gasteiger partial charge in [0.2, 0.25) is 6.10 Å². The van der Waals surface area contributed by atoms with E-state index in [2.05, 4.69) is 5.32 Å². The number of ether oxygens (including phenoxy) is 1. The quantitative estimate of drug-likeness (QED) is 0.345. The first-order valence-corrected chi connectivity index (χ1v) is 9.37. The maximum atomic E-state index is 13.0. The molecule has 31 heavy (non-hydrogen) atoms. The third-order valence-electron chi connectivity index (χ3n) is 4.62. The van der Waals surface area contributed by atoms with Gasteiger partial charge in [-0.1, -0.05) is 42.5 Å². The van der Waals surface area contributed by atoms with Crippen molar-refractivity contribution in [3.8, 4) is 5.75 Å². The normalized spacial score (nSPS) is 11.4. The molecule has 0 radical (unpaired) electrons. The molecule has 0 spiro atoms. The van der Waals surface area contributed by atoms with Crippen molar-refractivity contribution in [1.82, 2.24) is 0 Å². The zero-order valence-electron chi connectivity index (χ0n) is 16.9. The van der Waals surface area contributed by atoms with Crippen molar-refractivity contribution in [2.75, 3.05) is 5.32 Å². The monoisotopic (exact) mass is 420 g/mol. The van der Waals surface area contributed by atoms with E-state index >= 15 is 0 Å². The second-order valence-electron chi connectivity index (χ2n) is 6.96. The number of rotatable bonds is 6. The summed E-state index contributed by atoms with van der Waals surface area (Å²) in [4.78, 5) is 36.4. The summed E-state index contributed by atoms with van der Waals surface area (Å²) in [5, 5.41) is 23.7. The molecule has 0 fully saturated rings. The summed E-state index contributed by atoms with van der Waals surface area (Å²) in [5.74, 6) is -1.65. The first-order chi connectivity index (χ1) is 14.8. The Labute approximate surface area is 178 Å². The lowest BCUT2D eigenvalue weighted by atomic mass is 10.1. The number of benzene rings is 3. The fourth-order valence-corrected chi connectivity index (χ4v) is 2.91. The topological polar surface area (TPSA) is 119 Å². The molecule has 0 heterocycles. The highest BCUT2D eigenvalue weighted by Gasteiger charge is 2.28. The van der Waals surface area contributed by atoms with E-state index in [4.69, 9.17) is 4.74 Å². The van der Waals surface area contributed by atoms with E-state index in [1.165, 1.54) is 24.3 Å². The van der Waals surface area contributed by atoms with Crippen LogP contribution in [0.4, 0.5) is 11.4 Å². The van der Waals surface area contributed by atoms with E-state index in [9.17, 15) is 24.8 Å². The summed E-state index contributed by atoms with van der Waals surface area (Å²) in [7, 11) is 0. The number of nitrogens with one attached hydrogen (secondary N) is 1. The van der Waals surface area contributed by atoms with Gasteiger partial charge in [-0.15, -0.1) is 0 Å². The third-order valence-corrected chi connectivity index (χ3v) is 4.62. The average molecular weight is 420 g/mol. The standard InChI is InChI=1S/C23H20N2O6/c1-14-8-11-18(19(12-14)25(29)30)24-22(27)21(16-6-4-3-5-7-16)31-23(28)17-10-9-15(2)20(26)13-17/h3-13,21,26H,1-2H3,(H,24,27). The van der Waals surface area contributed by atoms with Crippen LogP contribution in [0.1, 0.15) is 33.2 Å². The van der Waals surface area contributed by atoms with Gasteiger partial charge in [0.15, 0.2) is 0 Å². The number of hydrogen-bond donors (Lipinski definition) is 2. The molecule has 2 N–H and O–H groups in total. The van der Waals surface area contributed by atoms with E-state index in [-0.39, 0.29) is 22.7 Å². The Hall–Kier alpha value is -4.20. The Balaban J connectivity index is 1.91. The number of aryl methyl sites for hydroxylation is 2. The van der Waals surface area contributed by atoms with Crippen LogP contribution in [0.3, 0.4) is 0 Å². The summed E-state index contributed by atoms with van der Waals surface area (Å²) in [6.45, 7) is 3.38. The molecule has 3 rings (SSSR count). The molecule has 8 heteroatoms. The van der Waals surface area contributed by atoms with Gasteiger partial charge in [-0.2, -0.15) is 0 Å². The van der Waals surface area contributed by atoms with Crippen molar-refractivity contribution in [1.29, 1.82) is 0 Å². The van der Waals surface area contributed by atoms with Gasteiger partial charge in [0.1, 0.15) is 11.4 Å². The number of amides is 1. The molecular weight excluding hydrogens is 400 g/mol. The predicted octanol–water partition coefficient (Wildman–Crippen LogP) is 4.45. The summed E-state index contributed by atoms with van der Waals surface area (Å²) in [6.07, 6.45) is -1.36. The van der Waals surface area contributed by atoms with Crippen LogP contribution in [0.25, 0.3) is 0 Å². The van der Waals surface area contributed by atoms with Crippen molar-refractivity contribution >= 4 is 23.3 Å². The number of aromatic hydroxyl groups is 1. The Bertz CT molecular complexity index is 1140. The lowest BCUT2D eigenvalue weighted by Crippen LogP contribution is -2.26. The first-order valence-electron chi connectivity index (χ1n) is 9.37. The number of carbonyl (C=O) groups is 2. The van der Waals surface area contributed by atoms with E-state index in [0.29, 0.717) is 16.7 Å². The van der Waals surface area contributed by atoms with Crippen LogP contribution in [0.15, 0.2) is 66.7 Å². The first kappa shape index (κ1) is 21.5. The van der Waals surface area contributed by atoms with Crippen LogP contribution in [0.5, 0.6) is 5.75 Å². The number of carbonyl (C=O) groups excluding carboxylic acids is 2. The summed E-state index contributed by atoms with van der Waals surface area (Å²) in [6, 6.07) is 17.0. The van der Waals surface area contributed by atoms with E-state index < -0.39 is 22.9 Å². The number of anilines is 1. The lowest BCUT2D eigenvalue weighted by molar-refractivity contribution is -0.384. The largest absolute Gasteiger partial charge is 0.508 e. The molecule has 3 aromatic rings. The van der Waals surface area contributed by atoms with Gasteiger partial charge in [0.05, 0.1) is 10.5 Å².